The third-order valence-corrected chi connectivity index (χ3v) is 4.05. The molecule has 0 bridgehead atoms. The molecular formula is C9H13ClN4O4S. The van der Waals surface area contributed by atoms with Gasteiger partial charge in [0.1, 0.15) is 0 Å². The van der Waals surface area contributed by atoms with E-state index in [0.29, 0.717) is 13.0 Å². The summed E-state index contributed by atoms with van der Waals surface area (Å²) in [7, 11) is -3.96. The van der Waals surface area contributed by atoms with Crippen LogP contribution in [0.5, 0.6) is 0 Å². The molecule has 0 unspecified atom stereocenters. The van der Waals surface area contributed by atoms with E-state index in [1.165, 1.54) is 12.3 Å². The lowest BCUT2D eigenvalue weighted by Gasteiger charge is -2.11. The largest absolute Gasteiger partial charge is 0.315 e. The first-order valence-electron chi connectivity index (χ1n) is 5.33. The minimum atomic E-state index is -3.96. The molecule has 1 atom stereocenters. The maximum Gasteiger partial charge on any atom is 0.308 e. The van der Waals surface area contributed by atoms with Gasteiger partial charge in [-0.05, 0) is 19.0 Å². The van der Waals surface area contributed by atoms with Gasteiger partial charge < -0.3 is 5.32 Å². The van der Waals surface area contributed by atoms with Crippen LogP contribution in [-0.2, 0) is 10.0 Å². The van der Waals surface area contributed by atoms with E-state index in [9.17, 15) is 18.5 Å². The highest BCUT2D eigenvalue weighted by Crippen LogP contribution is 2.20. The van der Waals surface area contributed by atoms with Gasteiger partial charge in [0.25, 0.3) is 10.0 Å². The third kappa shape index (κ3) is 3.60. The van der Waals surface area contributed by atoms with Gasteiger partial charge in [0.05, 0.1) is 4.92 Å². The molecule has 0 amide bonds. The van der Waals surface area contributed by atoms with Gasteiger partial charge >= 0.3 is 5.69 Å². The number of hydrogen-bond donors (Lipinski definition) is 2. The highest BCUT2D eigenvalue weighted by atomic mass is 35.5. The first-order valence-corrected chi connectivity index (χ1v) is 6.81. The zero-order valence-corrected chi connectivity index (χ0v) is 11.4. The molecule has 0 aliphatic carbocycles. The summed E-state index contributed by atoms with van der Waals surface area (Å²) in [5, 5.41) is 13.2. The molecule has 19 heavy (non-hydrogen) atoms. The second kappa shape index (κ2) is 6.24. The third-order valence-electron chi connectivity index (χ3n) is 2.58. The maximum atomic E-state index is 12.0. The van der Waals surface area contributed by atoms with E-state index in [0.717, 1.165) is 12.6 Å². The zero-order valence-electron chi connectivity index (χ0n) is 9.77. The lowest BCUT2D eigenvalue weighted by Crippen LogP contribution is -2.36. The molecule has 106 valence electrons. The number of nitrogens with one attached hydrogen (secondary N) is 2. The minimum Gasteiger partial charge on any atom is -0.315 e. The number of nitrogens with zero attached hydrogens (tertiary/aromatic N) is 2. The number of nitro groups is 1. The van der Waals surface area contributed by atoms with E-state index in [2.05, 4.69) is 15.0 Å². The normalized spacial score (nSPS) is 18.8. The van der Waals surface area contributed by atoms with Gasteiger partial charge in [-0.2, -0.15) is 0 Å². The molecule has 2 N–H and O–H groups in total. The molecule has 1 fully saturated rings. The van der Waals surface area contributed by atoms with E-state index in [1.54, 1.807) is 0 Å². The predicted octanol–water partition coefficient (Wildman–Crippen LogP) is 0.0518. The molecule has 1 aromatic heterocycles. The summed E-state index contributed by atoms with van der Waals surface area (Å²) >= 11 is 0. The fourth-order valence-corrected chi connectivity index (χ4v) is 3.13. The Labute approximate surface area is 116 Å². The number of sulfonamides is 1. The Morgan fingerprint density at radius 1 is 1.53 bits per heavy atom. The summed E-state index contributed by atoms with van der Waals surface area (Å²) in [5.74, 6) is 0. The number of halogens is 1. The van der Waals surface area contributed by atoms with Gasteiger partial charge in [-0.15, -0.1) is 12.4 Å². The smallest absolute Gasteiger partial charge is 0.308 e. The standard InChI is InChI=1S/C9H12N4O4S.ClH/c14-13(15)8-2-1-4-11-9(8)18(16,17)12-7-3-5-10-6-7;/h1-2,4,7,10,12H,3,5-6H2;1H/t7-;/m0./s1. The van der Waals surface area contributed by atoms with Crippen LogP contribution in [0.3, 0.4) is 0 Å². The number of hydrogen-bond acceptors (Lipinski definition) is 6. The van der Waals surface area contributed by atoms with E-state index in [1.807, 2.05) is 0 Å². The van der Waals surface area contributed by atoms with Crippen LogP contribution in [0.25, 0.3) is 0 Å². The fraction of sp³-hybridized carbons (Fsp3) is 0.444. The molecule has 1 saturated heterocycles. The average molecular weight is 309 g/mol. The van der Waals surface area contributed by atoms with Gasteiger partial charge in [0.2, 0.25) is 5.03 Å². The van der Waals surface area contributed by atoms with Gasteiger partial charge in [0, 0.05) is 24.8 Å². The van der Waals surface area contributed by atoms with Crippen molar-refractivity contribution in [3.8, 4) is 0 Å². The summed E-state index contributed by atoms with van der Waals surface area (Å²) in [6.45, 7) is 1.23. The highest BCUT2D eigenvalue weighted by molar-refractivity contribution is 7.89. The lowest BCUT2D eigenvalue weighted by molar-refractivity contribution is -0.388. The van der Waals surface area contributed by atoms with Crippen molar-refractivity contribution in [1.29, 1.82) is 0 Å². The monoisotopic (exact) mass is 308 g/mol. The molecule has 10 heteroatoms. The fourth-order valence-electron chi connectivity index (χ4n) is 1.76. The van der Waals surface area contributed by atoms with Crippen LogP contribution in [0.4, 0.5) is 5.69 Å². The van der Waals surface area contributed by atoms with Gasteiger partial charge in [-0.1, -0.05) is 0 Å². The first-order chi connectivity index (χ1) is 8.50. The highest BCUT2D eigenvalue weighted by Gasteiger charge is 2.30. The van der Waals surface area contributed by atoms with Crippen molar-refractivity contribution in [2.45, 2.75) is 17.5 Å². The van der Waals surface area contributed by atoms with Crippen LogP contribution >= 0.6 is 12.4 Å². The number of pyridine rings is 1. The quantitative estimate of drug-likeness (QED) is 0.600. The Kier molecular flexibility index (Phi) is 5.18. The Hall–Kier alpha value is -1.29. The predicted molar refractivity (Wildman–Crippen MR) is 69.7 cm³/mol. The molecule has 2 rings (SSSR count). The van der Waals surface area contributed by atoms with Crippen LogP contribution in [-0.4, -0.2) is 37.5 Å². The molecule has 0 aromatic carbocycles. The summed E-state index contributed by atoms with van der Waals surface area (Å²) in [5.41, 5.74) is -0.518. The summed E-state index contributed by atoms with van der Waals surface area (Å²) in [6, 6.07) is 2.19. The Balaban J connectivity index is 0.00000180. The van der Waals surface area contributed by atoms with Crippen molar-refractivity contribution in [2.24, 2.45) is 0 Å². The average Bonchev–Trinajstić information content (AvgIpc) is 2.81. The van der Waals surface area contributed by atoms with Gasteiger partial charge in [-0.25, -0.2) is 18.1 Å². The summed E-state index contributed by atoms with van der Waals surface area (Å²) < 4.78 is 26.4. The lowest BCUT2D eigenvalue weighted by atomic mass is 10.3. The molecule has 0 saturated carbocycles. The SMILES string of the molecule is Cl.O=[N+]([O-])c1cccnc1S(=O)(=O)N[C@H]1CCNC1. The Bertz CT molecular complexity index is 559. The van der Waals surface area contributed by atoms with Crippen molar-refractivity contribution in [3.63, 3.8) is 0 Å². The molecule has 0 radical (unpaired) electrons. The molecule has 0 spiro atoms. The van der Waals surface area contributed by atoms with E-state index >= 15 is 0 Å². The van der Waals surface area contributed by atoms with Crippen LogP contribution in [0.2, 0.25) is 0 Å². The Morgan fingerprint density at radius 3 is 2.84 bits per heavy atom. The van der Waals surface area contributed by atoms with Crippen molar-refractivity contribution in [3.05, 3.63) is 28.4 Å². The molecular weight excluding hydrogens is 296 g/mol. The maximum absolute atomic E-state index is 12.0. The van der Waals surface area contributed by atoms with Crippen LogP contribution < -0.4 is 10.0 Å². The number of rotatable bonds is 4. The van der Waals surface area contributed by atoms with Crippen molar-refractivity contribution >= 4 is 28.1 Å². The number of aromatic nitrogens is 1. The topological polar surface area (TPSA) is 114 Å². The van der Waals surface area contributed by atoms with Gasteiger partial charge in [0.15, 0.2) is 0 Å². The van der Waals surface area contributed by atoms with Crippen molar-refractivity contribution in [2.75, 3.05) is 13.1 Å². The van der Waals surface area contributed by atoms with E-state index in [-0.39, 0.29) is 18.4 Å². The molecule has 8 nitrogen and oxygen atoms in total. The van der Waals surface area contributed by atoms with Crippen molar-refractivity contribution < 1.29 is 13.3 Å². The molecule has 1 aliphatic rings. The molecule has 1 aliphatic heterocycles. The van der Waals surface area contributed by atoms with Crippen LogP contribution in [0.1, 0.15) is 6.42 Å². The van der Waals surface area contributed by atoms with Gasteiger partial charge in [-0.3, -0.25) is 10.1 Å². The molecule has 2 heterocycles. The van der Waals surface area contributed by atoms with Crippen LogP contribution in [0, 0.1) is 10.1 Å². The van der Waals surface area contributed by atoms with Crippen LogP contribution in [0.15, 0.2) is 23.4 Å². The first kappa shape index (κ1) is 15.8. The Morgan fingerprint density at radius 2 is 2.26 bits per heavy atom. The summed E-state index contributed by atoms with van der Waals surface area (Å²) in [6.07, 6.45) is 1.87. The summed E-state index contributed by atoms with van der Waals surface area (Å²) in [4.78, 5) is 13.6. The van der Waals surface area contributed by atoms with E-state index < -0.39 is 25.7 Å². The van der Waals surface area contributed by atoms with Crippen molar-refractivity contribution in [1.82, 2.24) is 15.0 Å². The second-order valence-electron chi connectivity index (χ2n) is 3.90. The molecule has 1 aromatic rings. The zero-order chi connectivity index (χ0) is 13.2. The minimum absolute atomic E-state index is 0. The second-order valence-corrected chi connectivity index (χ2v) is 5.53. The van der Waals surface area contributed by atoms with E-state index in [4.69, 9.17) is 0 Å².